The van der Waals surface area contributed by atoms with Gasteiger partial charge in [-0.1, -0.05) is 35.3 Å². The average Bonchev–Trinajstić information content (AvgIpc) is 2.97. The molecule has 0 saturated carbocycles. The number of thiazole rings is 1. The molecule has 1 atom stereocenters. The maximum absolute atomic E-state index is 12.5. The summed E-state index contributed by atoms with van der Waals surface area (Å²) in [6.45, 7) is 1.14. The van der Waals surface area contributed by atoms with Gasteiger partial charge >= 0.3 is 0 Å². The number of nitrogens with zero attached hydrogens (tertiary/aromatic N) is 1. The lowest BCUT2D eigenvalue weighted by Gasteiger charge is -2.13. The number of halogens is 2. The molecule has 1 N–H and O–H groups in total. The summed E-state index contributed by atoms with van der Waals surface area (Å²) < 4.78 is 26.2. The Bertz CT molecular complexity index is 970. The maximum atomic E-state index is 12.5. The first kappa shape index (κ1) is 18.6. The maximum Gasteiger partial charge on any atom is 0.185 e. The van der Waals surface area contributed by atoms with Crippen LogP contribution in [0.25, 0.3) is 10.2 Å². The third-order valence-corrected chi connectivity index (χ3v) is 7.28. The van der Waals surface area contributed by atoms with E-state index in [1.807, 2.05) is 31.3 Å². The van der Waals surface area contributed by atoms with Gasteiger partial charge in [-0.3, -0.25) is 0 Å². The Labute approximate surface area is 160 Å². The molecule has 3 rings (SSSR count). The lowest BCUT2D eigenvalue weighted by molar-refractivity contribution is -0.891. The number of aromatic nitrogens is 1. The van der Waals surface area contributed by atoms with E-state index in [-0.39, 0.29) is 15.7 Å². The number of benzene rings is 2. The van der Waals surface area contributed by atoms with Crippen LogP contribution < -0.4 is 4.90 Å². The summed E-state index contributed by atoms with van der Waals surface area (Å²) in [6.07, 6.45) is 0. The topological polar surface area (TPSA) is 51.5 Å². The minimum Gasteiger partial charge on any atom is -0.331 e. The second-order valence-corrected chi connectivity index (χ2v) is 9.89. The largest absolute Gasteiger partial charge is 0.331 e. The average molecular weight is 416 g/mol. The number of hydrogen-bond acceptors (Lipinski definition) is 4. The number of nitrogens with one attached hydrogen (secondary N) is 1. The van der Waals surface area contributed by atoms with E-state index in [2.05, 4.69) is 4.98 Å². The molecule has 132 valence electrons. The summed E-state index contributed by atoms with van der Waals surface area (Å²) in [4.78, 5) is 5.75. The minimum atomic E-state index is -3.48. The summed E-state index contributed by atoms with van der Waals surface area (Å²) >= 11 is 13.6. The van der Waals surface area contributed by atoms with Gasteiger partial charge in [-0.25, -0.2) is 13.4 Å². The van der Waals surface area contributed by atoms with Gasteiger partial charge in [-0.15, -0.1) is 11.3 Å². The number of sulfone groups is 1. The van der Waals surface area contributed by atoms with E-state index in [4.69, 9.17) is 23.2 Å². The Morgan fingerprint density at radius 1 is 1.16 bits per heavy atom. The molecule has 4 nitrogen and oxygen atoms in total. The molecule has 0 spiro atoms. The van der Waals surface area contributed by atoms with E-state index in [9.17, 15) is 8.42 Å². The van der Waals surface area contributed by atoms with Crippen LogP contribution in [-0.4, -0.2) is 32.7 Å². The van der Waals surface area contributed by atoms with Gasteiger partial charge in [0.2, 0.25) is 0 Å². The van der Waals surface area contributed by atoms with Crippen LogP contribution in [0.15, 0.2) is 47.4 Å². The Morgan fingerprint density at radius 2 is 1.92 bits per heavy atom. The molecule has 0 bridgehead atoms. The molecule has 8 heteroatoms. The second-order valence-electron chi connectivity index (χ2n) is 5.85. The molecule has 0 amide bonds. The highest BCUT2D eigenvalue weighted by molar-refractivity contribution is 7.91. The third kappa shape index (κ3) is 4.51. The monoisotopic (exact) mass is 415 g/mol. The second kappa shape index (κ2) is 7.60. The number of hydrogen-bond donors (Lipinski definition) is 1. The van der Waals surface area contributed by atoms with Crippen molar-refractivity contribution in [2.45, 2.75) is 11.4 Å². The van der Waals surface area contributed by atoms with Crippen LogP contribution in [0.3, 0.4) is 0 Å². The van der Waals surface area contributed by atoms with Crippen molar-refractivity contribution in [2.24, 2.45) is 0 Å². The summed E-state index contributed by atoms with van der Waals surface area (Å²) in [5.74, 6) is 0.00376. The molecule has 2 aromatic carbocycles. The fourth-order valence-corrected chi connectivity index (χ4v) is 5.77. The van der Waals surface area contributed by atoms with E-state index in [0.29, 0.717) is 18.1 Å². The van der Waals surface area contributed by atoms with Gasteiger partial charge in [0.1, 0.15) is 17.3 Å². The van der Waals surface area contributed by atoms with E-state index in [0.717, 1.165) is 20.1 Å². The summed E-state index contributed by atoms with van der Waals surface area (Å²) in [6, 6.07) is 12.5. The zero-order valence-electron chi connectivity index (χ0n) is 13.5. The first-order chi connectivity index (χ1) is 11.8. The normalized spacial score (nSPS) is 13.2. The highest BCUT2D eigenvalue weighted by Crippen LogP contribution is 2.25. The van der Waals surface area contributed by atoms with Gasteiger partial charge < -0.3 is 4.90 Å². The number of para-hydroxylation sites is 1. The summed E-state index contributed by atoms with van der Waals surface area (Å²) in [5.41, 5.74) is 0.980. The predicted molar refractivity (Wildman–Crippen MR) is 104 cm³/mol. The van der Waals surface area contributed by atoms with Gasteiger partial charge in [-0.2, -0.15) is 0 Å². The summed E-state index contributed by atoms with van der Waals surface area (Å²) in [7, 11) is -1.52. The van der Waals surface area contributed by atoms with Crippen molar-refractivity contribution in [1.29, 1.82) is 0 Å². The zero-order valence-corrected chi connectivity index (χ0v) is 16.6. The van der Waals surface area contributed by atoms with E-state index in [1.54, 1.807) is 17.4 Å². The summed E-state index contributed by atoms with van der Waals surface area (Å²) in [5, 5.41) is 1.56. The van der Waals surface area contributed by atoms with Gasteiger partial charge in [0, 0.05) is 5.02 Å². The van der Waals surface area contributed by atoms with Crippen LogP contribution in [0.4, 0.5) is 0 Å². The van der Waals surface area contributed by atoms with Crippen LogP contribution in [0.2, 0.25) is 10.0 Å². The molecule has 0 radical (unpaired) electrons. The van der Waals surface area contributed by atoms with Crippen LogP contribution in [0.5, 0.6) is 0 Å². The number of fused-ring (bicyclic) bond motifs is 1. The Hall–Kier alpha value is -1.18. The molecule has 0 aliphatic rings. The molecular formula is C17H17Cl2N2O2S2+. The van der Waals surface area contributed by atoms with Crippen molar-refractivity contribution in [1.82, 2.24) is 4.98 Å². The molecular weight excluding hydrogens is 399 g/mol. The highest BCUT2D eigenvalue weighted by Gasteiger charge is 2.21. The molecule has 1 unspecified atom stereocenters. The number of quaternary nitrogens is 1. The zero-order chi connectivity index (χ0) is 18.0. The molecule has 0 saturated heterocycles. The quantitative estimate of drug-likeness (QED) is 0.672. The van der Waals surface area contributed by atoms with Crippen molar-refractivity contribution in [2.75, 3.05) is 19.3 Å². The van der Waals surface area contributed by atoms with Crippen molar-refractivity contribution >= 4 is 54.6 Å². The Kier molecular flexibility index (Phi) is 5.65. The van der Waals surface area contributed by atoms with Crippen LogP contribution in [0, 0.1) is 0 Å². The van der Waals surface area contributed by atoms with Crippen molar-refractivity contribution < 1.29 is 13.3 Å². The van der Waals surface area contributed by atoms with Gasteiger partial charge in [0.25, 0.3) is 0 Å². The van der Waals surface area contributed by atoms with Gasteiger partial charge in [0.15, 0.2) is 9.84 Å². The fourth-order valence-electron chi connectivity index (χ4n) is 2.48. The molecule has 0 aliphatic carbocycles. The molecule has 3 aromatic rings. The smallest absolute Gasteiger partial charge is 0.185 e. The van der Waals surface area contributed by atoms with Crippen LogP contribution in [-0.2, 0) is 16.4 Å². The molecule has 25 heavy (non-hydrogen) atoms. The van der Waals surface area contributed by atoms with Gasteiger partial charge in [-0.05, 0) is 30.3 Å². The third-order valence-electron chi connectivity index (χ3n) is 3.82. The van der Waals surface area contributed by atoms with E-state index >= 15 is 0 Å². The lowest BCUT2D eigenvalue weighted by Crippen LogP contribution is -3.08. The number of rotatable bonds is 6. The predicted octanol–water partition coefficient (Wildman–Crippen LogP) is 3.09. The first-order valence-electron chi connectivity index (χ1n) is 7.69. The van der Waals surface area contributed by atoms with E-state index in [1.165, 1.54) is 12.1 Å². The van der Waals surface area contributed by atoms with Crippen LogP contribution in [0.1, 0.15) is 5.01 Å². The fraction of sp³-hybridized carbons (Fsp3) is 0.235. The van der Waals surface area contributed by atoms with Crippen molar-refractivity contribution in [3.05, 3.63) is 57.5 Å². The van der Waals surface area contributed by atoms with E-state index < -0.39 is 9.84 Å². The Balaban J connectivity index is 1.66. The van der Waals surface area contributed by atoms with Gasteiger partial charge in [0.05, 0.1) is 33.7 Å². The SMILES string of the molecule is C[NH+](CCS(=O)(=O)c1cc(Cl)ccc1Cl)Cc1nc2ccccc2s1. The minimum absolute atomic E-state index is 0.00376. The standard InChI is InChI=1S/C17H16Cl2N2O2S2/c1-21(11-17-20-14-4-2-3-5-15(14)24-17)8-9-25(22,23)16-10-12(18)6-7-13(16)19/h2-7,10H,8-9,11H2,1H3/p+1. The molecule has 1 aromatic heterocycles. The molecule has 1 heterocycles. The van der Waals surface area contributed by atoms with Crippen LogP contribution >= 0.6 is 34.5 Å². The molecule has 0 fully saturated rings. The van der Waals surface area contributed by atoms with Crippen molar-refractivity contribution in [3.63, 3.8) is 0 Å². The first-order valence-corrected chi connectivity index (χ1v) is 10.9. The highest BCUT2D eigenvalue weighted by atomic mass is 35.5. The van der Waals surface area contributed by atoms with Crippen molar-refractivity contribution in [3.8, 4) is 0 Å². The molecule has 0 aliphatic heterocycles. The lowest BCUT2D eigenvalue weighted by atomic mass is 10.3. The Morgan fingerprint density at radius 3 is 2.68 bits per heavy atom.